The highest BCUT2D eigenvalue weighted by molar-refractivity contribution is 8.01. The van der Waals surface area contributed by atoms with Gasteiger partial charge in [-0.05, 0) is 18.2 Å². The quantitative estimate of drug-likeness (QED) is 0.402. The van der Waals surface area contributed by atoms with E-state index in [1.54, 1.807) is 23.5 Å². The molecule has 122 valence electrons. The van der Waals surface area contributed by atoms with Gasteiger partial charge in [-0.15, -0.1) is 11.3 Å². The van der Waals surface area contributed by atoms with Gasteiger partial charge < -0.3 is 5.32 Å². The zero-order valence-corrected chi connectivity index (χ0v) is 14.1. The summed E-state index contributed by atoms with van der Waals surface area (Å²) in [7, 11) is 0. The van der Waals surface area contributed by atoms with E-state index >= 15 is 0 Å². The molecular formula is C16H13N3O3S2. The number of nitrogens with zero attached hydrogens (tertiary/aromatic N) is 2. The predicted molar refractivity (Wildman–Crippen MR) is 96.7 cm³/mol. The lowest BCUT2D eigenvalue weighted by Gasteiger charge is -2.04. The van der Waals surface area contributed by atoms with Gasteiger partial charge in [0, 0.05) is 30.0 Å². The van der Waals surface area contributed by atoms with Crippen LogP contribution in [0.5, 0.6) is 0 Å². The Labute approximate surface area is 146 Å². The average molecular weight is 359 g/mol. The van der Waals surface area contributed by atoms with E-state index in [0.29, 0.717) is 17.9 Å². The van der Waals surface area contributed by atoms with Gasteiger partial charge in [-0.3, -0.25) is 14.9 Å². The minimum atomic E-state index is -0.487. The number of carbonyl (C=O) groups is 1. The van der Waals surface area contributed by atoms with Crippen LogP contribution in [0.25, 0.3) is 10.2 Å². The molecule has 0 radical (unpaired) electrons. The van der Waals surface area contributed by atoms with E-state index < -0.39 is 4.92 Å². The first-order chi connectivity index (χ1) is 11.6. The van der Waals surface area contributed by atoms with E-state index in [1.807, 2.05) is 24.3 Å². The zero-order chi connectivity index (χ0) is 16.9. The van der Waals surface area contributed by atoms with Crippen molar-refractivity contribution in [3.8, 4) is 0 Å². The number of thioether (sulfide) groups is 1. The smallest absolute Gasteiger partial charge is 0.271 e. The molecule has 0 aliphatic carbocycles. The molecule has 6 nitrogen and oxygen atoms in total. The first kappa shape index (κ1) is 16.4. The minimum absolute atomic E-state index is 0.0448. The van der Waals surface area contributed by atoms with Crippen molar-refractivity contribution in [3.05, 3.63) is 58.6 Å². The molecule has 8 heteroatoms. The molecule has 0 aliphatic rings. The van der Waals surface area contributed by atoms with Gasteiger partial charge in [-0.1, -0.05) is 30.0 Å². The highest BCUT2D eigenvalue weighted by Crippen LogP contribution is 2.29. The number of carbonyl (C=O) groups excluding carboxylic acids is 1. The number of nitro benzene ring substituents is 1. The Bertz CT molecular complexity index is 862. The van der Waals surface area contributed by atoms with Gasteiger partial charge in [0.05, 0.1) is 15.1 Å². The fraction of sp³-hybridized carbons (Fsp3) is 0.125. The van der Waals surface area contributed by atoms with Crippen molar-refractivity contribution in [1.29, 1.82) is 0 Å². The van der Waals surface area contributed by atoms with Crippen LogP contribution in [0.15, 0.2) is 52.9 Å². The van der Waals surface area contributed by atoms with Crippen LogP contribution in [0, 0.1) is 10.1 Å². The maximum absolute atomic E-state index is 11.9. The van der Waals surface area contributed by atoms with E-state index in [-0.39, 0.29) is 11.6 Å². The van der Waals surface area contributed by atoms with Crippen molar-refractivity contribution < 1.29 is 9.72 Å². The number of nitrogens with one attached hydrogen (secondary N) is 1. The summed E-state index contributed by atoms with van der Waals surface area (Å²) in [5, 5.41) is 13.4. The van der Waals surface area contributed by atoms with Crippen LogP contribution in [0.4, 0.5) is 11.4 Å². The van der Waals surface area contributed by atoms with Crippen LogP contribution in [-0.2, 0) is 4.79 Å². The summed E-state index contributed by atoms with van der Waals surface area (Å²) in [4.78, 5) is 26.7. The minimum Gasteiger partial charge on any atom is -0.326 e. The fourth-order valence-electron chi connectivity index (χ4n) is 2.06. The normalized spacial score (nSPS) is 10.7. The molecule has 24 heavy (non-hydrogen) atoms. The second-order valence-corrected chi connectivity index (χ2v) is 7.27. The summed E-state index contributed by atoms with van der Waals surface area (Å²) in [5.74, 6) is 0.421. The number of nitro groups is 1. The summed E-state index contributed by atoms with van der Waals surface area (Å²) in [6, 6.07) is 13.8. The summed E-state index contributed by atoms with van der Waals surface area (Å²) in [5.41, 5.74) is 1.35. The predicted octanol–water partition coefficient (Wildman–Crippen LogP) is 4.33. The number of aromatic nitrogens is 1. The average Bonchev–Trinajstić information content (AvgIpc) is 2.97. The molecule has 0 fully saturated rings. The number of para-hydroxylation sites is 1. The third kappa shape index (κ3) is 4.09. The van der Waals surface area contributed by atoms with Crippen molar-refractivity contribution in [2.75, 3.05) is 11.1 Å². The number of benzene rings is 2. The van der Waals surface area contributed by atoms with Crippen LogP contribution >= 0.6 is 23.1 Å². The van der Waals surface area contributed by atoms with E-state index in [4.69, 9.17) is 0 Å². The molecule has 0 bridgehead atoms. The van der Waals surface area contributed by atoms with Gasteiger partial charge >= 0.3 is 0 Å². The molecule has 1 amide bonds. The molecular weight excluding hydrogens is 346 g/mol. The summed E-state index contributed by atoms with van der Waals surface area (Å²) in [6.45, 7) is 0. The number of hydrogen-bond acceptors (Lipinski definition) is 6. The molecule has 0 spiro atoms. The third-order valence-corrected chi connectivity index (χ3v) is 5.35. The number of rotatable bonds is 6. The van der Waals surface area contributed by atoms with Gasteiger partial charge in [-0.2, -0.15) is 0 Å². The van der Waals surface area contributed by atoms with Crippen molar-refractivity contribution in [1.82, 2.24) is 4.98 Å². The zero-order valence-electron chi connectivity index (χ0n) is 12.5. The van der Waals surface area contributed by atoms with Crippen LogP contribution in [0.3, 0.4) is 0 Å². The molecule has 0 unspecified atom stereocenters. The fourth-order valence-corrected chi connectivity index (χ4v) is 4.14. The number of anilines is 1. The Morgan fingerprint density at radius 3 is 2.88 bits per heavy atom. The van der Waals surface area contributed by atoms with Crippen LogP contribution in [-0.4, -0.2) is 21.6 Å². The first-order valence-corrected chi connectivity index (χ1v) is 8.95. The molecule has 0 atom stereocenters. The molecule has 0 aliphatic heterocycles. The molecule has 3 rings (SSSR count). The number of fused-ring (bicyclic) bond motifs is 1. The maximum Gasteiger partial charge on any atom is 0.271 e. The molecule has 0 saturated carbocycles. The highest BCUT2D eigenvalue weighted by atomic mass is 32.2. The summed E-state index contributed by atoms with van der Waals surface area (Å²) >= 11 is 3.13. The van der Waals surface area contributed by atoms with Crippen molar-refractivity contribution in [2.24, 2.45) is 0 Å². The lowest BCUT2D eigenvalue weighted by Crippen LogP contribution is -2.12. The molecule has 1 aromatic heterocycles. The van der Waals surface area contributed by atoms with Gasteiger partial charge in [0.2, 0.25) is 5.91 Å². The van der Waals surface area contributed by atoms with E-state index in [9.17, 15) is 14.9 Å². The number of thiazole rings is 1. The van der Waals surface area contributed by atoms with Crippen LogP contribution in [0.2, 0.25) is 0 Å². The van der Waals surface area contributed by atoms with Crippen molar-refractivity contribution in [3.63, 3.8) is 0 Å². The molecule has 0 saturated heterocycles. The first-order valence-electron chi connectivity index (χ1n) is 7.14. The molecule has 1 heterocycles. The molecule has 2 aromatic carbocycles. The number of non-ortho nitro benzene ring substituents is 1. The summed E-state index contributed by atoms with van der Waals surface area (Å²) in [6.07, 6.45) is 0.309. The monoisotopic (exact) mass is 359 g/mol. The lowest BCUT2D eigenvalue weighted by molar-refractivity contribution is -0.384. The van der Waals surface area contributed by atoms with Gasteiger partial charge in [0.25, 0.3) is 5.69 Å². The van der Waals surface area contributed by atoms with Gasteiger partial charge in [0.1, 0.15) is 0 Å². The Kier molecular flexibility index (Phi) is 5.07. The Morgan fingerprint density at radius 2 is 2.08 bits per heavy atom. The SMILES string of the molecule is O=C(CCSc1nc2ccccc2s1)Nc1cccc([N+](=O)[O-])c1. The van der Waals surface area contributed by atoms with Crippen molar-refractivity contribution in [2.45, 2.75) is 10.8 Å². The Hall–Kier alpha value is -2.45. The Balaban J connectivity index is 1.52. The summed E-state index contributed by atoms with van der Waals surface area (Å²) < 4.78 is 2.06. The van der Waals surface area contributed by atoms with E-state index in [2.05, 4.69) is 10.3 Å². The Morgan fingerprint density at radius 1 is 1.25 bits per heavy atom. The van der Waals surface area contributed by atoms with Gasteiger partial charge in [0.15, 0.2) is 4.34 Å². The van der Waals surface area contributed by atoms with Crippen LogP contribution in [0.1, 0.15) is 6.42 Å². The lowest BCUT2D eigenvalue weighted by atomic mass is 10.3. The third-order valence-electron chi connectivity index (χ3n) is 3.17. The van der Waals surface area contributed by atoms with Crippen molar-refractivity contribution >= 4 is 50.6 Å². The van der Waals surface area contributed by atoms with E-state index in [1.165, 1.54) is 23.9 Å². The number of hydrogen-bond donors (Lipinski definition) is 1. The second kappa shape index (κ2) is 7.41. The number of amides is 1. The molecule has 1 N–H and O–H groups in total. The standard InChI is InChI=1S/C16H13N3O3S2/c20-15(17-11-4-3-5-12(10-11)19(21)22)8-9-23-16-18-13-6-1-2-7-14(13)24-16/h1-7,10H,8-9H2,(H,17,20). The molecule has 3 aromatic rings. The highest BCUT2D eigenvalue weighted by Gasteiger charge is 2.09. The largest absolute Gasteiger partial charge is 0.326 e. The van der Waals surface area contributed by atoms with Crippen LogP contribution < -0.4 is 5.32 Å². The second-order valence-electron chi connectivity index (χ2n) is 4.90. The maximum atomic E-state index is 11.9. The van der Waals surface area contributed by atoms with E-state index in [0.717, 1.165) is 14.6 Å². The van der Waals surface area contributed by atoms with Gasteiger partial charge in [-0.25, -0.2) is 4.98 Å². The topological polar surface area (TPSA) is 85.1 Å².